The zero-order valence-electron chi connectivity index (χ0n) is 20.5. The van der Waals surface area contributed by atoms with Crippen LogP contribution in [0.4, 0.5) is 0 Å². The SMILES string of the molecule is CC(C)(C)C1CC2(CCN(C3CCN(C4CCCN(C(C)(C)C)C4)CC3)CC2)C1. The van der Waals surface area contributed by atoms with Crippen LogP contribution in [0.15, 0.2) is 0 Å². The second kappa shape index (κ2) is 8.10. The third-order valence-electron chi connectivity index (χ3n) is 9.32. The summed E-state index contributed by atoms with van der Waals surface area (Å²) in [6.07, 6.45) is 11.6. The van der Waals surface area contributed by atoms with E-state index >= 15 is 0 Å². The first-order valence-electron chi connectivity index (χ1n) is 12.8. The van der Waals surface area contributed by atoms with E-state index in [0.717, 1.165) is 23.4 Å². The molecule has 0 N–H and O–H groups in total. The van der Waals surface area contributed by atoms with Gasteiger partial charge < -0.3 is 4.90 Å². The van der Waals surface area contributed by atoms with Gasteiger partial charge in [0.2, 0.25) is 0 Å². The van der Waals surface area contributed by atoms with Crippen molar-refractivity contribution in [2.24, 2.45) is 16.7 Å². The van der Waals surface area contributed by atoms with E-state index < -0.39 is 0 Å². The Balaban J connectivity index is 1.21. The first-order valence-corrected chi connectivity index (χ1v) is 12.8. The molecule has 29 heavy (non-hydrogen) atoms. The third kappa shape index (κ3) is 4.88. The lowest BCUT2D eigenvalue weighted by atomic mass is 9.51. The summed E-state index contributed by atoms with van der Waals surface area (Å²) in [6, 6.07) is 1.67. The van der Waals surface area contributed by atoms with E-state index in [1.54, 1.807) is 0 Å². The van der Waals surface area contributed by atoms with Crippen LogP contribution in [0.2, 0.25) is 0 Å². The van der Waals surface area contributed by atoms with Crippen LogP contribution in [0.1, 0.15) is 92.9 Å². The van der Waals surface area contributed by atoms with Crippen LogP contribution in [0.3, 0.4) is 0 Å². The van der Waals surface area contributed by atoms with Crippen molar-refractivity contribution >= 4 is 0 Å². The molecule has 1 unspecified atom stereocenters. The molecule has 3 aliphatic heterocycles. The molecule has 3 nitrogen and oxygen atoms in total. The molecule has 1 saturated carbocycles. The summed E-state index contributed by atoms with van der Waals surface area (Å²) in [6.45, 7) is 22.5. The largest absolute Gasteiger partial charge is 0.300 e. The van der Waals surface area contributed by atoms with Gasteiger partial charge in [-0.2, -0.15) is 0 Å². The molecule has 0 aromatic heterocycles. The Morgan fingerprint density at radius 1 is 0.690 bits per heavy atom. The van der Waals surface area contributed by atoms with Gasteiger partial charge in [0.15, 0.2) is 0 Å². The normalized spacial score (nSPS) is 31.9. The summed E-state index contributed by atoms with van der Waals surface area (Å²) < 4.78 is 0. The molecule has 0 radical (unpaired) electrons. The van der Waals surface area contributed by atoms with Crippen LogP contribution >= 0.6 is 0 Å². The molecule has 0 bridgehead atoms. The van der Waals surface area contributed by atoms with E-state index in [1.165, 1.54) is 90.6 Å². The molecule has 1 aliphatic carbocycles. The maximum atomic E-state index is 2.88. The molecule has 1 atom stereocenters. The Morgan fingerprint density at radius 3 is 1.83 bits per heavy atom. The highest BCUT2D eigenvalue weighted by molar-refractivity contribution is 5.01. The molecule has 0 aromatic rings. The molecule has 0 amide bonds. The molecule has 3 saturated heterocycles. The van der Waals surface area contributed by atoms with Crippen molar-refractivity contribution in [2.45, 2.75) is 111 Å². The second-order valence-electron chi connectivity index (χ2n) is 13.2. The molecule has 4 aliphatic rings. The average molecular weight is 404 g/mol. The fourth-order valence-corrected chi connectivity index (χ4v) is 6.85. The lowest BCUT2D eigenvalue weighted by Gasteiger charge is -2.57. The fourth-order valence-electron chi connectivity index (χ4n) is 6.85. The zero-order valence-corrected chi connectivity index (χ0v) is 20.5. The Kier molecular flexibility index (Phi) is 6.17. The minimum Gasteiger partial charge on any atom is -0.300 e. The molecule has 3 heteroatoms. The Labute approximate surface area is 181 Å². The standard InChI is InChI=1S/C26H49N3/c1-24(2,3)21-18-26(19-21)11-16-28(17-12-26)22-9-14-27(15-10-22)23-8-7-13-29(20-23)25(4,5)6/h21-23H,7-20H2,1-6H3. The quantitative estimate of drug-likeness (QED) is 0.623. The number of likely N-dealkylation sites (tertiary alicyclic amines) is 3. The number of hydrogen-bond donors (Lipinski definition) is 0. The molecule has 4 fully saturated rings. The van der Waals surface area contributed by atoms with Gasteiger partial charge in [-0.3, -0.25) is 9.80 Å². The van der Waals surface area contributed by atoms with Gasteiger partial charge in [0.25, 0.3) is 0 Å². The van der Waals surface area contributed by atoms with Crippen LogP contribution in [-0.2, 0) is 0 Å². The highest BCUT2D eigenvalue weighted by Crippen LogP contribution is 2.58. The first kappa shape index (κ1) is 22.1. The van der Waals surface area contributed by atoms with Crippen LogP contribution in [-0.4, -0.2) is 71.6 Å². The average Bonchev–Trinajstić information content (AvgIpc) is 2.65. The van der Waals surface area contributed by atoms with E-state index in [1.807, 2.05) is 0 Å². The van der Waals surface area contributed by atoms with Crippen molar-refractivity contribution in [3.63, 3.8) is 0 Å². The predicted molar refractivity (Wildman–Crippen MR) is 124 cm³/mol. The molecule has 3 heterocycles. The van der Waals surface area contributed by atoms with Gasteiger partial charge in [-0.25, -0.2) is 0 Å². The van der Waals surface area contributed by atoms with Crippen molar-refractivity contribution in [1.29, 1.82) is 0 Å². The topological polar surface area (TPSA) is 9.72 Å². The summed E-state index contributed by atoms with van der Waals surface area (Å²) in [7, 11) is 0. The predicted octanol–water partition coefficient (Wildman–Crippen LogP) is 5.25. The lowest BCUT2D eigenvalue weighted by molar-refractivity contribution is -0.0685. The van der Waals surface area contributed by atoms with Crippen LogP contribution in [0, 0.1) is 16.7 Å². The first-order chi connectivity index (χ1) is 13.6. The van der Waals surface area contributed by atoms with Gasteiger partial charge in [-0.05, 0) is 122 Å². The maximum absolute atomic E-state index is 2.88. The lowest BCUT2D eigenvalue weighted by Crippen LogP contribution is -2.57. The summed E-state index contributed by atoms with van der Waals surface area (Å²) in [5.41, 5.74) is 1.58. The smallest absolute Gasteiger partial charge is 0.0223 e. The Hall–Kier alpha value is -0.120. The number of rotatable bonds is 2. The van der Waals surface area contributed by atoms with E-state index in [-0.39, 0.29) is 0 Å². The summed E-state index contributed by atoms with van der Waals surface area (Å²) in [5, 5.41) is 0. The third-order valence-corrected chi connectivity index (χ3v) is 9.32. The molecular formula is C26H49N3. The van der Waals surface area contributed by atoms with Gasteiger partial charge in [0.05, 0.1) is 0 Å². The molecule has 4 rings (SSSR count). The minimum atomic E-state index is 0.328. The van der Waals surface area contributed by atoms with E-state index in [4.69, 9.17) is 0 Å². The van der Waals surface area contributed by atoms with Crippen molar-refractivity contribution in [3.05, 3.63) is 0 Å². The highest BCUT2D eigenvalue weighted by atomic mass is 15.3. The van der Waals surface area contributed by atoms with Crippen molar-refractivity contribution in [2.75, 3.05) is 39.3 Å². The fraction of sp³-hybridized carbons (Fsp3) is 1.00. The van der Waals surface area contributed by atoms with Gasteiger partial charge >= 0.3 is 0 Å². The summed E-state index contributed by atoms with van der Waals surface area (Å²) in [4.78, 5) is 8.45. The highest BCUT2D eigenvalue weighted by Gasteiger charge is 2.49. The van der Waals surface area contributed by atoms with Gasteiger partial charge in [-0.15, -0.1) is 0 Å². The van der Waals surface area contributed by atoms with E-state index in [2.05, 4.69) is 56.2 Å². The molecule has 1 spiro atoms. The van der Waals surface area contributed by atoms with Gasteiger partial charge in [0.1, 0.15) is 0 Å². The number of hydrogen-bond acceptors (Lipinski definition) is 3. The van der Waals surface area contributed by atoms with Crippen LogP contribution in [0.25, 0.3) is 0 Å². The molecule has 168 valence electrons. The molecular weight excluding hydrogens is 354 g/mol. The maximum Gasteiger partial charge on any atom is 0.0223 e. The zero-order chi connectivity index (χ0) is 20.9. The molecule has 0 aromatic carbocycles. The van der Waals surface area contributed by atoms with E-state index in [9.17, 15) is 0 Å². The number of nitrogens with zero attached hydrogens (tertiary/aromatic N) is 3. The second-order valence-corrected chi connectivity index (χ2v) is 13.2. The number of piperidine rings is 3. The van der Waals surface area contributed by atoms with Gasteiger partial charge in [-0.1, -0.05) is 20.8 Å². The van der Waals surface area contributed by atoms with Crippen molar-refractivity contribution in [3.8, 4) is 0 Å². The Bertz CT molecular complexity index is 533. The van der Waals surface area contributed by atoms with E-state index in [0.29, 0.717) is 11.0 Å². The Morgan fingerprint density at radius 2 is 1.28 bits per heavy atom. The minimum absolute atomic E-state index is 0.328. The van der Waals surface area contributed by atoms with Crippen LogP contribution < -0.4 is 0 Å². The van der Waals surface area contributed by atoms with Crippen LogP contribution in [0.5, 0.6) is 0 Å². The monoisotopic (exact) mass is 403 g/mol. The van der Waals surface area contributed by atoms with Crippen molar-refractivity contribution < 1.29 is 0 Å². The summed E-state index contributed by atoms with van der Waals surface area (Å²) >= 11 is 0. The van der Waals surface area contributed by atoms with Crippen molar-refractivity contribution in [1.82, 2.24) is 14.7 Å². The summed E-state index contributed by atoms with van der Waals surface area (Å²) in [5.74, 6) is 0.973. The van der Waals surface area contributed by atoms with Gasteiger partial charge in [0, 0.05) is 24.2 Å².